The molecule has 0 saturated heterocycles. The second kappa shape index (κ2) is 7.23. The highest BCUT2D eigenvalue weighted by Crippen LogP contribution is 2.24. The second-order valence-electron chi connectivity index (χ2n) is 4.30. The number of benzene rings is 2. The molecule has 0 aromatic heterocycles. The molecule has 0 N–H and O–H groups in total. The van der Waals surface area contributed by atoms with Crippen LogP contribution >= 0.6 is 8.81 Å². The molecule has 0 saturated carbocycles. The van der Waals surface area contributed by atoms with Crippen LogP contribution in [0.15, 0.2) is 54.6 Å². The lowest BCUT2D eigenvalue weighted by atomic mass is 10.0. The largest absolute Gasteiger partial charge is 0.472 e. The van der Waals surface area contributed by atoms with E-state index in [0.29, 0.717) is 14.7 Å². The Labute approximate surface area is 113 Å². The van der Waals surface area contributed by atoms with E-state index in [2.05, 4.69) is 44.2 Å². The van der Waals surface area contributed by atoms with Crippen molar-refractivity contribution < 1.29 is 4.52 Å². The van der Waals surface area contributed by atoms with Gasteiger partial charge in [0, 0.05) is 13.7 Å². The molecule has 0 heterocycles. The van der Waals surface area contributed by atoms with Gasteiger partial charge < -0.3 is 4.52 Å². The van der Waals surface area contributed by atoms with Gasteiger partial charge in [-0.25, -0.2) is 0 Å². The average Bonchev–Trinajstić information content (AvgIpc) is 2.38. The van der Waals surface area contributed by atoms with Crippen LogP contribution in [0.3, 0.4) is 0 Å². The molecule has 18 heavy (non-hydrogen) atoms. The zero-order valence-electron chi connectivity index (χ0n) is 10.8. The van der Waals surface area contributed by atoms with Gasteiger partial charge in [0.15, 0.2) is 0 Å². The molecule has 1 unspecified atom stereocenters. The molecule has 3 radical (unpaired) electrons. The highest BCUT2D eigenvalue weighted by molar-refractivity contribution is 7.42. The molecule has 91 valence electrons. The summed E-state index contributed by atoms with van der Waals surface area (Å²) in [5.41, 5.74) is 1.32. The Morgan fingerprint density at radius 2 is 1.67 bits per heavy atom. The van der Waals surface area contributed by atoms with Crippen molar-refractivity contribution in [3.05, 3.63) is 60.2 Å². The molecule has 2 rings (SSSR count). The lowest BCUT2D eigenvalue weighted by molar-refractivity contribution is 0.635. The van der Waals surface area contributed by atoms with Crippen LogP contribution in [-0.2, 0) is 0 Å². The molecule has 0 aliphatic carbocycles. The highest BCUT2D eigenvalue weighted by Gasteiger charge is 2.01. The standard InChI is InChI=1S/C15H17OP.B/c1-12(2)13-7-6-8-14(11-13)16-17-15-9-4-3-5-10-15;/h3-12,17H,1-2H3;. The Kier molecular flexibility index (Phi) is 5.94. The Balaban J connectivity index is 0.00000162. The van der Waals surface area contributed by atoms with Crippen molar-refractivity contribution >= 4 is 22.5 Å². The molecule has 0 aliphatic rings. The summed E-state index contributed by atoms with van der Waals surface area (Å²) >= 11 is 0. The number of hydrogen-bond donors (Lipinski definition) is 0. The fourth-order valence-electron chi connectivity index (χ4n) is 1.56. The fourth-order valence-corrected chi connectivity index (χ4v) is 2.25. The second-order valence-corrected chi connectivity index (χ2v) is 5.28. The first-order valence-electron chi connectivity index (χ1n) is 5.83. The van der Waals surface area contributed by atoms with Crippen molar-refractivity contribution in [1.82, 2.24) is 0 Å². The van der Waals surface area contributed by atoms with Crippen LogP contribution < -0.4 is 9.83 Å². The lowest BCUT2D eigenvalue weighted by Crippen LogP contribution is -1.95. The lowest BCUT2D eigenvalue weighted by Gasteiger charge is -2.09. The summed E-state index contributed by atoms with van der Waals surface area (Å²) in [4.78, 5) is 0. The predicted molar refractivity (Wildman–Crippen MR) is 81.3 cm³/mol. The summed E-state index contributed by atoms with van der Waals surface area (Å²) in [6.45, 7) is 4.39. The molecule has 0 fully saturated rings. The zero-order valence-corrected chi connectivity index (χ0v) is 11.8. The van der Waals surface area contributed by atoms with Crippen LogP contribution in [0.25, 0.3) is 0 Å². The molecular weight excluding hydrogens is 238 g/mol. The van der Waals surface area contributed by atoms with Crippen LogP contribution in [0.5, 0.6) is 5.75 Å². The maximum Gasteiger partial charge on any atom is 0.123 e. The quantitative estimate of drug-likeness (QED) is 0.597. The fraction of sp³-hybridized carbons (Fsp3) is 0.200. The van der Waals surface area contributed by atoms with Crippen molar-refractivity contribution in [3.8, 4) is 5.75 Å². The van der Waals surface area contributed by atoms with E-state index in [1.165, 1.54) is 10.9 Å². The average molecular weight is 255 g/mol. The zero-order chi connectivity index (χ0) is 12.1. The van der Waals surface area contributed by atoms with E-state index in [1.807, 2.05) is 24.3 Å². The molecule has 1 nitrogen and oxygen atoms in total. The minimum absolute atomic E-state index is 0. The summed E-state index contributed by atoms with van der Waals surface area (Å²) < 4.78 is 5.81. The van der Waals surface area contributed by atoms with Crippen molar-refractivity contribution in [1.29, 1.82) is 0 Å². The maximum absolute atomic E-state index is 5.81. The molecule has 3 heteroatoms. The Morgan fingerprint density at radius 3 is 2.33 bits per heavy atom. The van der Waals surface area contributed by atoms with Gasteiger partial charge in [-0.3, -0.25) is 0 Å². The summed E-state index contributed by atoms with van der Waals surface area (Å²) in [6, 6.07) is 18.6. The van der Waals surface area contributed by atoms with Crippen molar-refractivity contribution in [2.75, 3.05) is 0 Å². The van der Waals surface area contributed by atoms with Gasteiger partial charge in [0.25, 0.3) is 0 Å². The molecule has 0 spiro atoms. The van der Waals surface area contributed by atoms with E-state index in [4.69, 9.17) is 4.52 Å². The highest BCUT2D eigenvalue weighted by atomic mass is 31.1. The van der Waals surface area contributed by atoms with E-state index >= 15 is 0 Å². The third kappa shape index (κ3) is 4.20. The van der Waals surface area contributed by atoms with Crippen LogP contribution in [0, 0.1) is 0 Å². The minimum atomic E-state index is 0. The van der Waals surface area contributed by atoms with Gasteiger partial charge in [-0.1, -0.05) is 56.3 Å². The molecule has 0 bridgehead atoms. The third-order valence-corrected chi connectivity index (χ3v) is 3.49. The monoisotopic (exact) mass is 255 g/mol. The van der Waals surface area contributed by atoms with E-state index in [0.717, 1.165) is 5.75 Å². The smallest absolute Gasteiger partial charge is 0.123 e. The van der Waals surface area contributed by atoms with Crippen LogP contribution in [0.1, 0.15) is 25.3 Å². The number of hydrogen-bond acceptors (Lipinski definition) is 1. The van der Waals surface area contributed by atoms with Gasteiger partial charge in [-0.15, -0.1) is 0 Å². The Hall–Kier alpha value is -1.27. The van der Waals surface area contributed by atoms with E-state index in [-0.39, 0.29) is 8.41 Å². The molecule has 2 aromatic rings. The van der Waals surface area contributed by atoms with Crippen molar-refractivity contribution in [2.24, 2.45) is 0 Å². The van der Waals surface area contributed by atoms with Gasteiger partial charge in [0.05, 0.1) is 0 Å². The van der Waals surface area contributed by atoms with Crippen LogP contribution in [-0.4, -0.2) is 8.41 Å². The number of rotatable bonds is 4. The summed E-state index contributed by atoms with van der Waals surface area (Å²) in [7, 11) is 0.372. The van der Waals surface area contributed by atoms with Crippen molar-refractivity contribution in [3.63, 3.8) is 0 Å². The molecular formula is C15H17BOP. The topological polar surface area (TPSA) is 9.23 Å². The van der Waals surface area contributed by atoms with Crippen LogP contribution in [0.2, 0.25) is 0 Å². The molecule has 0 aliphatic heterocycles. The molecule has 0 amide bonds. The maximum atomic E-state index is 5.81. The predicted octanol–water partition coefficient (Wildman–Crippen LogP) is 3.73. The van der Waals surface area contributed by atoms with Gasteiger partial charge in [0.1, 0.15) is 14.6 Å². The van der Waals surface area contributed by atoms with Crippen LogP contribution in [0.4, 0.5) is 0 Å². The van der Waals surface area contributed by atoms with Gasteiger partial charge in [-0.2, -0.15) is 0 Å². The van der Waals surface area contributed by atoms with E-state index in [1.54, 1.807) is 0 Å². The summed E-state index contributed by atoms with van der Waals surface area (Å²) in [6.07, 6.45) is 0. The SMILES string of the molecule is CC(C)c1cccc(OPc2ccccc2)c1.[B]. The minimum Gasteiger partial charge on any atom is -0.472 e. The Morgan fingerprint density at radius 1 is 0.944 bits per heavy atom. The first-order valence-corrected chi connectivity index (χ1v) is 6.74. The third-order valence-electron chi connectivity index (χ3n) is 2.59. The van der Waals surface area contributed by atoms with Gasteiger partial charge >= 0.3 is 0 Å². The first kappa shape index (κ1) is 14.8. The van der Waals surface area contributed by atoms with Gasteiger partial charge in [0.2, 0.25) is 0 Å². The Bertz CT molecular complexity index is 471. The van der Waals surface area contributed by atoms with E-state index in [9.17, 15) is 0 Å². The summed E-state index contributed by atoms with van der Waals surface area (Å²) in [5.74, 6) is 1.50. The first-order chi connectivity index (χ1) is 8.25. The normalized spacial score (nSPS) is 10.6. The van der Waals surface area contributed by atoms with Gasteiger partial charge in [-0.05, 0) is 23.6 Å². The summed E-state index contributed by atoms with van der Waals surface area (Å²) in [5, 5.41) is 1.22. The van der Waals surface area contributed by atoms with E-state index < -0.39 is 0 Å². The molecule has 1 atom stereocenters. The van der Waals surface area contributed by atoms with Crippen molar-refractivity contribution in [2.45, 2.75) is 19.8 Å². The molecule has 2 aromatic carbocycles.